The predicted octanol–water partition coefficient (Wildman–Crippen LogP) is 7.64. The van der Waals surface area contributed by atoms with Crippen LogP contribution in [0.15, 0.2) is 123 Å². The van der Waals surface area contributed by atoms with Crippen LogP contribution >= 0.6 is 15.9 Å². The lowest BCUT2D eigenvalue weighted by Crippen LogP contribution is -2.29. The molecule has 0 aliphatic heterocycles. The average Bonchev–Trinajstić information content (AvgIpc) is 4.01. The summed E-state index contributed by atoms with van der Waals surface area (Å²) in [6.45, 7) is 2.34. The number of nitrogens with zero attached hydrogens (tertiary/aromatic N) is 2. The highest BCUT2D eigenvalue weighted by Crippen LogP contribution is 2.26. The van der Waals surface area contributed by atoms with Gasteiger partial charge in [-0.15, -0.1) is 26.3 Å². The summed E-state index contributed by atoms with van der Waals surface area (Å²) in [6, 6.07) is 24.6. The third-order valence-electron chi connectivity index (χ3n) is 8.82. The van der Waals surface area contributed by atoms with Crippen LogP contribution in [-0.4, -0.2) is 79.2 Å². The van der Waals surface area contributed by atoms with E-state index in [9.17, 15) is 45.5 Å². The fourth-order valence-electron chi connectivity index (χ4n) is 5.65. The van der Waals surface area contributed by atoms with Gasteiger partial charge in [-0.05, 0) is 104 Å². The van der Waals surface area contributed by atoms with Gasteiger partial charge in [0.15, 0.2) is 24.6 Å². The minimum absolute atomic E-state index is 0.0692. The van der Waals surface area contributed by atoms with Crippen LogP contribution in [-0.2, 0) is 35.5 Å². The lowest BCUT2D eigenvalue weighted by Gasteiger charge is -2.10. The second kappa shape index (κ2) is 26.1. The standard InChI is InChI=1S/C24H24F3N3O6.C22H19BrF3N3O5/c1-2-33-19-5-3-4-16(12-19)10-11-28-23(32)20-14-35-22(30-20)13-29-21(31)15-34-17-6-8-18(9-7-17)36-24(25,26)27;23-15-3-1-14(2-4-15)9-10-27-21(31)18-12-33-20(29-18)11-28-19(30)13-32-16-5-7-17(8-6-16)34-22(24,25)26/h3-9,12,14H,2,10-11,13,15H2,1H3,(H,28,32)(H,29,31);1-8,12H,9-11,13H2,(H,27,31)(H,28,30). The van der Waals surface area contributed by atoms with Crippen LogP contribution in [0.25, 0.3) is 0 Å². The van der Waals surface area contributed by atoms with Crippen LogP contribution in [0, 0.1) is 0 Å². The predicted molar refractivity (Wildman–Crippen MR) is 238 cm³/mol. The zero-order valence-corrected chi connectivity index (χ0v) is 38.4. The van der Waals surface area contributed by atoms with Crippen LogP contribution in [0.1, 0.15) is 50.8 Å². The van der Waals surface area contributed by atoms with Crippen molar-refractivity contribution in [3.8, 4) is 28.7 Å². The van der Waals surface area contributed by atoms with E-state index in [0.29, 0.717) is 32.5 Å². The number of aromatic nitrogens is 2. The zero-order valence-electron chi connectivity index (χ0n) is 36.8. The molecule has 24 heteroatoms. The van der Waals surface area contributed by atoms with Crippen molar-refractivity contribution >= 4 is 39.6 Å². The molecular formula is C46H43BrF6N6O11. The minimum atomic E-state index is -4.79. The number of hydrogen-bond donors (Lipinski definition) is 4. The SMILES string of the molecule is CCOc1cccc(CCNC(=O)c2coc(CNC(=O)COc3ccc(OC(F)(F)F)cc3)n2)c1.O=C(COc1ccc(OC(F)(F)F)cc1)NCc1nc(C(=O)NCCc2ccc(Br)cc2)co1. The Morgan fingerprint density at radius 3 is 1.44 bits per heavy atom. The van der Waals surface area contributed by atoms with E-state index in [2.05, 4.69) is 56.6 Å². The molecule has 4 aromatic carbocycles. The first-order chi connectivity index (χ1) is 33.4. The maximum absolute atomic E-state index is 12.3. The van der Waals surface area contributed by atoms with Gasteiger partial charge in [-0.1, -0.05) is 40.2 Å². The van der Waals surface area contributed by atoms with E-state index in [-0.39, 0.29) is 54.4 Å². The van der Waals surface area contributed by atoms with Crippen LogP contribution in [0.3, 0.4) is 0 Å². The first kappa shape index (κ1) is 53.2. The van der Waals surface area contributed by atoms with Crippen molar-refractivity contribution in [3.05, 3.63) is 148 Å². The first-order valence-corrected chi connectivity index (χ1v) is 21.6. The number of ether oxygens (including phenoxy) is 5. The molecule has 6 aromatic rings. The van der Waals surface area contributed by atoms with Gasteiger partial charge in [-0.3, -0.25) is 19.2 Å². The number of halogens is 7. The summed E-state index contributed by atoms with van der Waals surface area (Å²) in [5.74, 6) is -1.30. The lowest BCUT2D eigenvalue weighted by molar-refractivity contribution is -0.275. The summed E-state index contributed by atoms with van der Waals surface area (Å²) in [4.78, 5) is 56.4. The summed E-state index contributed by atoms with van der Waals surface area (Å²) < 4.78 is 108. The maximum Gasteiger partial charge on any atom is 0.573 e. The molecule has 0 aliphatic carbocycles. The van der Waals surface area contributed by atoms with Crippen molar-refractivity contribution in [2.75, 3.05) is 32.9 Å². The van der Waals surface area contributed by atoms with E-state index in [1.165, 1.54) is 36.8 Å². The summed E-state index contributed by atoms with van der Waals surface area (Å²) in [5.41, 5.74) is 2.23. The summed E-state index contributed by atoms with van der Waals surface area (Å²) in [6.07, 6.45) is -5.95. The molecule has 0 bridgehead atoms. The normalized spacial score (nSPS) is 11.0. The highest BCUT2D eigenvalue weighted by Gasteiger charge is 2.32. The van der Waals surface area contributed by atoms with E-state index in [4.69, 9.17) is 23.0 Å². The second-order valence-corrected chi connectivity index (χ2v) is 15.1. The highest BCUT2D eigenvalue weighted by molar-refractivity contribution is 9.10. The Labute approximate surface area is 403 Å². The van der Waals surface area contributed by atoms with Gasteiger partial charge in [0.25, 0.3) is 23.6 Å². The van der Waals surface area contributed by atoms with Crippen molar-refractivity contribution in [1.29, 1.82) is 0 Å². The summed E-state index contributed by atoms with van der Waals surface area (Å²) in [7, 11) is 0. The largest absolute Gasteiger partial charge is 0.573 e. The molecule has 4 amide bonds. The van der Waals surface area contributed by atoms with Gasteiger partial charge in [0.05, 0.1) is 19.7 Å². The lowest BCUT2D eigenvalue weighted by atomic mass is 10.1. The van der Waals surface area contributed by atoms with Gasteiger partial charge in [-0.25, -0.2) is 9.97 Å². The molecule has 0 spiro atoms. The zero-order chi connectivity index (χ0) is 50.5. The third kappa shape index (κ3) is 19.8. The quantitative estimate of drug-likeness (QED) is 0.0482. The Morgan fingerprint density at radius 1 is 0.557 bits per heavy atom. The van der Waals surface area contributed by atoms with Crippen LogP contribution < -0.4 is 45.0 Å². The number of carbonyl (C=O) groups excluding carboxylic acids is 4. The molecule has 0 saturated carbocycles. The number of carbonyl (C=O) groups is 4. The number of amides is 4. The number of alkyl halides is 6. The Hall–Kier alpha value is -7.76. The van der Waals surface area contributed by atoms with Gasteiger partial charge in [0.1, 0.15) is 41.3 Å². The van der Waals surface area contributed by atoms with Gasteiger partial charge < -0.3 is 53.8 Å². The molecule has 0 aliphatic rings. The molecule has 0 saturated heterocycles. The van der Waals surface area contributed by atoms with E-state index in [1.807, 2.05) is 55.5 Å². The monoisotopic (exact) mass is 1050 g/mol. The second-order valence-electron chi connectivity index (χ2n) is 14.1. The molecule has 372 valence electrons. The van der Waals surface area contributed by atoms with E-state index >= 15 is 0 Å². The first-order valence-electron chi connectivity index (χ1n) is 20.8. The molecule has 4 N–H and O–H groups in total. The molecule has 2 aromatic heterocycles. The fraction of sp³-hybridized carbons (Fsp3) is 0.261. The average molecular weight is 1050 g/mol. The van der Waals surface area contributed by atoms with Crippen molar-refractivity contribution in [3.63, 3.8) is 0 Å². The molecule has 0 fully saturated rings. The molecule has 0 atom stereocenters. The summed E-state index contributed by atoms with van der Waals surface area (Å²) >= 11 is 3.36. The van der Waals surface area contributed by atoms with Crippen molar-refractivity contribution in [2.45, 2.75) is 45.6 Å². The Balaban J connectivity index is 0.000000261. The van der Waals surface area contributed by atoms with Crippen LogP contribution in [0.4, 0.5) is 26.3 Å². The molecular weight excluding hydrogens is 1010 g/mol. The van der Waals surface area contributed by atoms with Crippen molar-refractivity contribution in [2.24, 2.45) is 0 Å². The minimum Gasteiger partial charge on any atom is -0.494 e. The van der Waals surface area contributed by atoms with E-state index < -0.39 is 54.5 Å². The molecule has 2 heterocycles. The molecule has 6 rings (SSSR count). The van der Waals surface area contributed by atoms with E-state index in [1.54, 1.807) is 0 Å². The number of hydrogen-bond acceptors (Lipinski definition) is 13. The summed E-state index contributed by atoms with van der Waals surface area (Å²) in [5, 5.41) is 10.5. The molecule has 17 nitrogen and oxygen atoms in total. The number of rotatable bonds is 22. The van der Waals surface area contributed by atoms with Crippen LogP contribution in [0.5, 0.6) is 28.7 Å². The number of oxazole rings is 2. The van der Waals surface area contributed by atoms with Gasteiger partial charge in [0.2, 0.25) is 11.8 Å². The van der Waals surface area contributed by atoms with Gasteiger partial charge in [-0.2, -0.15) is 0 Å². The Morgan fingerprint density at radius 2 is 1.00 bits per heavy atom. The third-order valence-corrected chi connectivity index (χ3v) is 9.35. The fourth-order valence-corrected chi connectivity index (χ4v) is 5.91. The van der Waals surface area contributed by atoms with Gasteiger partial charge >= 0.3 is 12.7 Å². The van der Waals surface area contributed by atoms with Crippen molar-refractivity contribution < 1.29 is 78.0 Å². The topological polar surface area (TPSA) is 215 Å². The maximum atomic E-state index is 12.3. The highest BCUT2D eigenvalue weighted by atomic mass is 79.9. The van der Waals surface area contributed by atoms with E-state index in [0.717, 1.165) is 45.6 Å². The molecule has 0 unspecified atom stereocenters. The Bertz CT molecular complexity index is 2610. The number of nitrogens with one attached hydrogen (secondary N) is 4. The van der Waals surface area contributed by atoms with Crippen LogP contribution in [0.2, 0.25) is 0 Å². The number of benzene rings is 4. The van der Waals surface area contributed by atoms with Crippen molar-refractivity contribution in [1.82, 2.24) is 31.2 Å². The van der Waals surface area contributed by atoms with Gasteiger partial charge in [0, 0.05) is 17.6 Å². The molecule has 0 radical (unpaired) electrons. The smallest absolute Gasteiger partial charge is 0.494 e. The Kier molecular flexibility index (Phi) is 19.9. The molecule has 70 heavy (non-hydrogen) atoms.